The molecule has 1 aliphatic rings. The number of aliphatic hydroxyl groups is 4. The SMILES string of the molecule is OC[C@@H]1O[C@H](Oc2ccccc2)[C@@H](O)[C@H](O)[C@H]1O. The van der Waals surface area contributed by atoms with Gasteiger partial charge in [0.25, 0.3) is 0 Å². The summed E-state index contributed by atoms with van der Waals surface area (Å²) in [6.45, 7) is -0.473. The first kappa shape index (κ1) is 13.3. The molecule has 5 atom stereocenters. The molecule has 4 N–H and O–H groups in total. The first-order chi connectivity index (χ1) is 8.63. The maximum Gasteiger partial charge on any atom is 0.229 e. The van der Waals surface area contributed by atoms with Crippen molar-refractivity contribution < 1.29 is 29.9 Å². The van der Waals surface area contributed by atoms with Crippen molar-refractivity contribution >= 4 is 0 Å². The largest absolute Gasteiger partial charge is 0.462 e. The van der Waals surface area contributed by atoms with Gasteiger partial charge in [-0.25, -0.2) is 0 Å². The van der Waals surface area contributed by atoms with Crippen LogP contribution in [-0.4, -0.2) is 57.7 Å². The maximum absolute atomic E-state index is 9.74. The lowest BCUT2D eigenvalue weighted by Gasteiger charge is -2.39. The molecule has 0 saturated carbocycles. The van der Waals surface area contributed by atoms with E-state index in [1.165, 1.54) is 0 Å². The molecule has 2 rings (SSSR count). The molecule has 1 saturated heterocycles. The third-order valence-electron chi connectivity index (χ3n) is 2.84. The molecule has 100 valence electrons. The molecule has 6 heteroatoms. The van der Waals surface area contributed by atoms with Crippen molar-refractivity contribution in [2.45, 2.75) is 30.7 Å². The van der Waals surface area contributed by atoms with E-state index in [0.29, 0.717) is 5.75 Å². The van der Waals surface area contributed by atoms with Crippen molar-refractivity contribution in [3.05, 3.63) is 30.3 Å². The normalized spacial score (nSPS) is 36.3. The quantitative estimate of drug-likeness (QED) is 0.546. The predicted octanol–water partition coefficient (Wildman–Crippen LogP) is -1.13. The molecule has 0 radical (unpaired) electrons. The number of para-hydroxylation sites is 1. The van der Waals surface area contributed by atoms with Gasteiger partial charge >= 0.3 is 0 Å². The van der Waals surface area contributed by atoms with Crippen molar-refractivity contribution in [1.29, 1.82) is 0 Å². The number of hydrogen-bond donors (Lipinski definition) is 4. The fraction of sp³-hybridized carbons (Fsp3) is 0.500. The Hall–Kier alpha value is -1.18. The summed E-state index contributed by atoms with van der Waals surface area (Å²) < 4.78 is 10.6. The Morgan fingerprint density at radius 1 is 1.00 bits per heavy atom. The van der Waals surface area contributed by atoms with Crippen LogP contribution in [0, 0.1) is 0 Å². The smallest absolute Gasteiger partial charge is 0.229 e. The molecule has 0 unspecified atom stereocenters. The number of ether oxygens (including phenoxy) is 2. The van der Waals surface area contributed by atoms with Gasteiger partial charge in [-0.3, -0.25) is 0 Å². The molecule has 18 heavy (non-hydrogen) atoms. The van der Waals surface area contributed by atoms with Gasteiger partial charge < -0.3 is 29.9 Å². The molecular formula is C12H16O6. The van der Waals surface area contributed by atoms with E-state index in [2.05, 4.69) is 0 Å². The second-order valence-electron chi connectivity index (χ2n) is 4.13. The highest BCUT2D eigenvalue weighted by Gasteiger charge is 2.44. The standard InChI is InChI=1S/C12H16O6/c13-6-8-9(14)10(15)11(16)12(18-8)17-7-4-2-1-3-5-7/h1-5,8-16H,6H2/t8-,9-,10+,11-,12-/m0/s1. The summed E-state index contributed by atoms with van der Waals surface area (Å²) in [4.78, 5) is 0. The molecule has 0 aromatic heterocycles. The van der Waals surface area contributed by atoms with Crippen LogP contribution in [0.15, 0.2) is 30.3 Å². The van der Waals surface area contributed by atoms with Gasteiger partial charge in [0.2, 0.25) is 6.29 Å². The molecule has 0 spiro atoms. The van der Waals surface area contributed by atoms with E-state index < -0.39 is 37.3 Å². The van der Waals surface area contributed by atoms with E-state index in [1.807, 2.05) is 0 Å². The fourth-order valence-electron chi connectivity index (χ4n) is 1.80. The minimum atomic E-state index is -1.43. The lowest BCUT2D eigenvalue weighted by Crippen LogP contribution is -2.60. The fourth-order valence-corrected chi connectivity index (χ4v) is 1.80. The van der Waals surface area contributed by atoms with E-state index in [0.717, 1.165) is 0 Å². The molecule has 1 heterocycles. The third kappa shape index (κ3) is 2.63. The lowest BCUT2D eigenvalue weighted by molar-refractivity contribution is -0.277. The Labute approximate surface area is 104 Å². The molecule has 1 aromatic carbocycles. The van der Waals surface area contributed by atoms with E-state index in [1.54, 1.807) is 30.3 Å². The molecule has 0 amide bonds. The minimum Gasteiger partial charge on any atom is -0.462 e. The van der Waals surface area contributed by atoms with Crippen LogP contribution < -0.4 is 4.74 Å². The van der Waals surface area contributed by atoms with Crippen molar-refractivity contribution in [1.82, 2.24) is 0 Å². The van der Waals surface area contributed by atoms with Crippen molar-refractivity contribution in [3.8, 4) is 5.75 Å². The van der Waals surface area contributed by atoms with Crippen LogP contribution in [0.25, 0.3) is 0 Å². The molecule has 1 fully saturated rings. The van der Waals surface area contributed by atoms with Crippen LogP contribution >= 0.6 is 0 Å². The zero-order chi connectivity index (χ0) is 13.1. The Morgan fingerprint density at radius 3 is 2.28 bits per heavy atom. The van der Waals surface area contributed by atoms with Gasteiger partial charge in [0, 0.05) is 0 Å². The summed E-state index contributed by atoms with van der Waals surface area (Å²) in [6, 6.07) is 8.64. The number of hydrogen-bond acceptors (Lipinski definition) is 6. The highest BCUT2D eigenvalue weighted by Crippen LogP contribution is 2.23. The lowest BCUT2D eigenvalue weighted by atomic mass is 9.99. The molecule has 6 nitrogen and oxygen atoms in total. The number of aliphatic hydroxyl groups excluding tert-OH is 4. The average molecular weight is 256 g/mol. The van der Waals surface area contributed by atoms with Gasteiger partial charge in [-0.1, -0.05) is 18.2 Å². The summed E-state index contributed by atoms with van der Waals surface area (Å²) in [5.41, 5.74) is 0. The van der Waals surface area contributed by atoms with Crippen LogP contribution in [0.5, 0.6) is 5.75 Å². The van der Waals surface area contributed by atoms with Gasteiger partial charge in [-0.2, -0.15) is 0 Å². The summed E-state index contributed by atoms with van der Waals surface area (Å²) in [7, 11) is 0. The van der Waals surface area contributed by atoms with Gasteiger partial charge in [0.15, 0.2) is 0 Å². The van der Waals surface area contributed by atoms with Crippen LogP contribution in [-0.2, 0) is 4.74 Å². The summed E-state index contributed by atoms with van der Waals surface area (Å²) in [5, 5.41) is 37.9. The van der Waals surface area contributed by atoms with E-state index in [4.69, 9.17) is 14.6 Å². The molecule has 1 aliphatic heterocycles. The second kappa shape index (κ2) is 5.64. The maximum atomic E-state index is 9.74. The third-order valence-corrected chi connectivity index (χ3v) is 2.84. The van der Waals surface area contributed by atoms with Crippen molar-refractivity contribution in [2.75, 3.05) is 6.61 Å². The Balaban J connectivity index is 2.08. The predicted molar refractivity (Wildman–Crippen MR) is 60.8 cm³/mol. The summed E-state index contributed by atoms with van der Waals surface area (Å²) >= 11 is 0. The first-order valence-corrected chi connectivity index (χ1v) is 5.65. The Kier molecular flexibility index (Phi) is 4.15. The molecular weight excluding hydrogens is 240 g/mol. The molecule has 0 aliphatic carbocycles. The number of benzene rings is 1. The van der Waals surface area contributed by atoms with Gasteiger partial charge in [-0.05, 0) is 12.1 Å². The summed E-state index contributed by atoms with van der Waals surface area (Å²) in [5.74, 6) is 0.460. The van der Waals surface area contributed by atoms with Crippen LogP contribution in [0.3, 0.4) is 0 Å². The Morgan fingerprint density at radius 2 is 1.67 bits per heavy atom. The van der Waals surface area contributed by atoms with Crippen LogP contribution in [0.2, 0.25) is 0 Å². The van der Waals surface area contributed by atoms with Gasteiger partial charge in [0.1, 0.15) is 30.2 Å². The van der Waals surface area contributed by atoms with Crippen LogP contribution in [0.1, 0.15) is 0 Å². The highest BCUT2D eigenvalue weighted by atomic mass is 16.7. The summed E-state index contributed by atoms with van der Waals surface area (Å²) in [6.07, 6.45) is -6.28. The second-order valence-corrected chi connectivity index (χ2v) is 4.13. The highest BCUT2D eigenvalue weighted by molar-refractivity contribution is 5.21. The number of rotatable bonds is 3. The van der Waals surface area contributed by atoms with Crippen molar-refractivity contribution in [3.63, 3.8) is 0 Å². The zero-order valence-electron chi connectivity index (χ0n) is 9.59. The topological polar surface area (TPSA) is 99.4 Å². The van der Waals surface area contributed by atoms with Crippen molar-refractivity contribution in [2.24, 2.45) is 0 Å². The van der Waals surface area contributed by atoms with E-state index >= 15 is 0 Å². The van der Waals surface area contributed by atoms with E-state index in [9.17, 15) is 15.3 Å². The average Bonchev–Trinajstić information content (AvgIpc) is 2.40. The van der Waals surface area contributed by atoms with Gasteiger partial charge in [0.05, 0.1) is 6.61 Å². The van der Waals surface area contributed by atoms with E-state index in [-0.39, 0.29) is 0 Å². The first-order valence-electron chi connectivity index (χ1n) is 5.65. The minimum absolute atomic E-state index is 0.460. The molecule has 0 bridgehead atoms. The monoisotopic (exact) mass is 256 g/mol. The zero-order valence-corrected chi connectivity index (χ0v) is 9.59. The van der Waals surface area contributed by atoms with Gasteiger partial charge in [-0.15, -0.1) is 0 Å². The van der Waals surface area contributed by atoms with Crippen LogP contribution in [0.4, 0.5) is 0 Å². The Bertz CT molecular complexity index is 368. The molecule has 1 aromatic rings.